The lowest BCUT2D eigenvalue weighted by Crippen LogP contribution is -2.47. The molecule has 1 saturated carbocycles. The topological polar surface area (TPSA) is 111 Å². The van der Waals surface area contributed by atoms with E-state index in [1.807, 2.05) is 18.6 Å². The summed E-state index contributed by atoms with van der Waals surface area (Å²) in [6.45, 7) is 1.99. The fourth-order valence-electron chi connectivity index (χ4n) is 4.48. The number of aromatic nitrogens is 5. The van der Waals surface area contributed by atoms with Gasteiger partial charge in [0.05, 0.1) is 4.90 Å². The maximum Gasteiger partial charge on any atom is 0.211 e. The van der Waals surface area contributed by atoms with E-state index in [-0.39, 0.29) is 0 Å². The molecule has 4 N–H and O–H groups in total. The summed E-state index contributed by atoms with van der Waals surface area (Å²) in [4.78, 5) is 12.6. The molecule has 27 heavy (non-hydrogen) atoms. The van der Waals surface area contributed by atoms with E-state index in [1.54, 1.807) is 0 Å². The van der Waals surface area contributed by atoms with Gasteiger partial charge in [0.25, 0.3) is 0 Å². The number of anilines is 2. The van der Waals surface area contributed by atoms with Gasteiger partial charge in [-0.05, 0) is 31.1 Å². The van der Waals surface area contributed by atoms with Gasteiger partial charge in [0, 0.05) is 37.7 Å². The van der Waals surface area contributed by atoms with Gasteiger partial charge in [-0.1, -0.05) is 29.5 Å². The van der Waals surface area contributed by atoms with Crippen LogP contribution in [0.4, 0.5) is 11.1 Å². The lowest BCUT2D eigenvalue weighted by atomic mass is 9.74. The van der Waals surface area contributed by atoms with Crippen molar-refractivity contribution in [2.45, 2.75) is 47.4 Å². The maximum absolute atomic E-state index is 6.43. The molecule has 10 heteroatoms. The molecule has 2 aliphatic rings. The molecule has 0 amide bonds. The number of piperidine rings is 1. The lowest BCUT2D eigenvalue weighted by molar-refractivity contribution is 0.197. The number of nitrogens with zero attached hydrogens (tertiary/aromatic N) is 6. The van der Waals surface area contributed by atoms with Crippen LogP contribution < -0.4 is 16.4 Å². The summed E-state index contributed by atoms with van der Waals surface area (Å²) in [6, 6.07) is 0.360. The quantitative estimate of drug-likeness (QED) is 0.687. The van der Waals surface area contributed by atoms with Crippen LogP contribution in [0.15, 0.2) is 27.8 Å². The standard InChI is InChI=1S/C17H22N8S2/c18-12-2-1-3-17(12)4-7-24(8-5-17)15-21-10-11(13-20-6-9-25(13)15)26-16-23-22-14(19)27-16/h6,9-10,12H,1-5,7-8,18H2,(H2,19,22). The molecule has 1 unspecified atom stereocenters. The fraction of sp³-hybridized carbons (Fsp3) is 0.529. The third kappa shape index (κ3) is 2.95. The van der Waals surface area contributed by atoms with Crippen molar-refractivity contribution >= 4 is 39.8 Å². The first-order valence-corrected chi connectivity index (χ1v) is 10.9. The molecule has 3 aromatic heterocycles. The molecule has 3 aromatic rings. The third-order valence-electron chi connectivity index (χ3n) is 6.01. The molecule has 142 valence electrons. The summed E-state index contributed by atoms with van der Waals surface area (Å²) < 4.78 is 2.86. The molecule has 1 aliphatic carbocycles. The van der Waals surface area contributed by atoms with E-state index >= 15 is 0 Å². The Bertz CT molecular complexity index is 959. The van der Waals surface area contributed by atoms with Crippen LogP contribution in [0.1, 0.15) is 32.1 Å². The van der Waals surface area contributed by atoms with E-state index in [9.17, 15) is 0 Å². The minimum atomic E-state index is 0.345. The smallest absolute Gasteiger partial charge is 0.211 e. The zero-order valence-corrected chi connectivity index (χ0v) is 16.5. The Morgan fingerprint density at radius 1 is 1.19 bits per heavy atom. The van der Waals surface area contributed by atoms with Gasteiger partial charge in [-0.3, -0.25) is 4.40 Å². The molecule has 1 saturated heterocycles. The minimum Gasteiger partial charge on any atom is -0.374 e. The average molecular weight is 403 g/mol. The van der Waals surface area contributed by atoms with E-state index in [0.29, 0.717) is 16.6 Å². The van der Waals surface area contributed by atoms with Crippen LogP contribution in [0.5, 0.6) is 0 Å². The van der Waals surface area contributed by atoms with Crippen molar-refractivity contribution in [3.8, 4) is 0 Å². The van der Waals surface area contributed by atoms with Gasteiger partial charge in [0.15, 0.2) is 9.99 Å². The molecule has 1 spiro atoms. The Morgan fingerprint density at radius 2 is 2.04 bits per heavy atom. The van der Waals surface area contributed by atoms with Gasteiger partial charge >= 0.3 is 0 Å². The molecular weight excluding hydrogens is 380 g/mol. The number of hydrogen-bond acceptors (Lipinski definition) is 9. The van der Waals surface area contributed by atoms with Gasteiger partial charge in [0.1, 0.15) is 0 Å². The van der Waals surface area contributed by atoms with Crippen molar-refractivity contribution in [1.29, 1.82) is 0 Å². The first kappa shape index (κ1) is 17.2. The largest absolute Gasteiger partial charge is 0.374 e. The van der Waals surface area contributed by atoms with Crippen molar-refractivity contribution in [3.05, 3.63) is 18.6 Å². The number of rotatable bonds is 3. The van der Waals surface area contributed by atoms with Crippen molar-refractivity contribution in [2.75, 3.05) is 23.7 Å². The molecule has 1 atom stereocenters. The van der Waals surface area contributed by atoms with E-state index in [1.165, 1.54) is 42.4 Å². The first-order valence-electron chi connectivity index (χ1n) is 9.24. The van der Waals surface area contributed by atoms with Gasteiger partial charge in [-0.2, -0.15) is 0 Å². The van der Waals surface area contributed by atoms with E-state index in [0.717, 1.165) is 46.8 Å². The van der Waals surface area contributed by atoms with Gasteiger partial charge in [-0.15, -0.1) is 10.2 Å². The zero-order chi connectivity index (χ0) is 18.4. The number of fused-ring (bicyclic) bond motifs is 1. The molecule has 2 fully saturated rings. The van der Waals surface area contributed by atoms with Gasteiger partial charge in [-0.25, -0.2) is 9.97 Å². The SMILES string of the molecule is Nc1nnc(Sc2cnc(N3CCC4(CCCC4N)CC3)n3ccnc23)s1. The van der Waals surface area contributed by atoms with Crippen LogP contribution in [0.25, 0.3) is 5.65 Å². The highest BCUT2D eigenvalue weighted by Gasteiger charge is 2.43. The predicted octanol–water partition coefficient (Wildman–Crippen LogP) is 2.41. The van der Waals surface area contributed by atoms with Crippen LogP contribution in [0.2, 0.25) is 0 Å². The van der Waals surface area contributed by atoms with Crippen molar-refractivity contribution in [2.24, 2.45) is 11.1 Å². The van der Waals surface area contributed by atoms with Gasteiger partial charge in [0.2, 0.25) is 11.1 Å². The Balaban J connectivity index is 1.40. The summed E-state index contributed by atoms with van der Waals surface area (Å²) in [7, 11) is 0. The van der Waals surface area contributed by atoms with Crippen molar-refractivity contribution in [1.82, 2.24) is 24.6 Å². The van der Waals surface area contributed by atoms with E-state index in [2.05, 4.69) is 24.5 Å². The monoisotopic (exact) mass is 402 g/mol. The average Bonchev–Trinajstić information content (AvgIpc) is 3.39. The highest BCUT2D eigenvalue weighted by atomic mass is 32.2. The van der Waals surface area contributed by atoms with Crippen LogP contribution in [-0.4, -0.2) is 43.7 Å². The predicted molar refractivity (Wildman–Crippen MR) is 107 cm³/mol. The molecule has 8 nitrogen and oxygen atoms in total. The summed E-state index contributed by atoms with van der Waals surface area (Å²) in [6.07, 6.45) is 11.7. The lowest BCUT2D eigenvalue weighted by Gasteiger charge is -2.42. The summed E-state index contributed by atoms with van der Waals surface area (Å²) in [5.41, 5.74) is 13.3. The van der Waals surface area contributed by atoms with Crippen LogP contribution in [0, 0.1) is 5.41 Å². The molecule has 1 aliphatic heterocycles. The Morgan fingerprint density at radius 3 is 2.74 bits per heavy atom. The second kappa shape index (κ2) is 6.61. The van der Waals surface area contributed by atoms with E-state index in [4.69, 9.17) is 16.5 Å². The molecule has 5 rings (SSSR count). The molecular formula is C17H22N8S2. The first-order chi connectivity index (χ1) is 13.1. The number of nitrogens with two attached hydrogens (primary N) is 2. The summed E-state index contributed by atoms with van der Waals surface area (Å²) in [5, 5.41) is 8.42. The minimum absolute atomic E-state index is 0.345. The fourth-order valence-corrected chi connectivity index (χ4v) is 6.14. The normalized spacial score (nSPS) is 22.1. The Hall–Kier alpha value is -1.91. The van der Waals surface area contributed by atoms with Crippen molar-refractivity contribution < 1.29 is 0 Å². The summed E-state index contributed by atoms with van der Waals surface area (Å²) >= 11 is 2.87. The Kier molecular flexibility index (Phi) is 4.21. The van der Waals surface area contributed by atoms with Crippen LogP contribution in [0.3, 0.4) is 0 Å². The highest BCUT2D eigenvalue weighted by molar-refractivity contribution is 8.01. The highest BCUT2D eigenvalue weighted by Crippen LogP contribution is 2.46. The number of hydrogen-bond donors (Lipinski definition) is 2. The number of nitrogen functional groups attached to an aromatic ring is 1. The van der Waals surface area contributed by atoms with E-state index < -0.39 is 0 Å². The van der Waals surface area contributed by atoms with Gasteiger partial charge < -0.3 is 16.4 Å². The summed E-state index contributed by atoms with van der Waals surface area (Å²) in [5.74, 6) is 0.949. The second-order valence-electron chi connectivity index (χ2n) is 7.40. The van der Waals surface area contributed by atoms with Crippen LogP contribution in [-0.2, 0) is 0 Å². The second-order valence-corrected chi connectivity index (χ2v) is 9.70. The maximum atomic E-state index is 6.43. The zero-order valence-electron chi connectivity index (χ0n) is 14.9. The van der Waals surface area contributed by atoms with Crippen LogP contribution >= 0.6 is 23.1 Å². The Labute approximate surface area is 165 Å². The number of imidazole rings is 1. The third-order valence-corrected chi connectivity index (χ3v) is 7.82. The molecule has 0 radical (unpaired) electrons. The molecule has 0 aromatic carbocycles. The molecule has 0 bridgehead atoms. The van der Waals surface area contributed by atoms with Crippen molar-refractivity contribution in [3.63, 3.8) is 0 Å². The molecule has 4 heterocycles.